The monoisotopic (exact) mass is 138 g/mol. The third-order valence-corrected chi connectivity index (χ3v) is 2.60. The second-order valence-corrected chi connectivity index (χ2v) is 3.83. The Hall–Kier alpha value is -0.260. The van der Waals surface area contributed by atoms with Gasteiger partial charge in [-0.2, -0.15) is 0 Å². The van der Waals surface area contributed by atoms with Gasteiger partial charge in [0.25, 0.3) is 0 Å². The Labute approximate surface area is 64.3 Å². The van der Waals surface area contributed by atoms with Crippen molar-refractivity contribution >= 4 is 0 Å². The van der Waals surface area contributed by atoms with Crippen LogP contribution in [-0.4, -0.2) is 0 Å². The third kappa shape index (κ3) is 1.25. The normalized spacial score (nSPS) is 26.7. The maximum Gasteiger partial charge on any atom is -0.0223 e. The zero-order valence-electron chi connectivity index (χ0n) is 7.57. The Morgan fingerprint density at radius 3 is 2.20 bits per heavy atom. The van der Waals surface area contributed by atoms with E-state index in [1.54, 1.807) is 11.1 Å². The molecule has 1 aliphatic carbocycles. The summed E-state index contributed by atoms with van der Waals surface area (Å²) in [6.45, 7) is 9.26. The first-order chi connectivity index (χ1) is 4.63. The fourth-order valence-electron chi connectivity index (χ4n) is 2.22. The molecule has 0 aromatic heterocycles. The average molecular weight is 138 g/mol. The van der Waals surface area contributed by atoms with E-state index in [-0.39, 0.29) is 0 Å². The van der Waals surface area contributed by atoms with Crippen LogP contribution in [0.5, 0.6) is 0 Å². The average Bonchev–Trinajstić information content (AvgIpc) is 2.11. The summed E-state index contributed by atoms with van der Waals surface area (Å²) in [6, 6.07) is 0. The minimum atomic E-state index is 0.775. The molecule has 0 bridgehead atoms. The molecule has 0 heterocycles. The van der Waals surface area contributed by atoms with Gasteiger partial charge < -0.3 is 0 Å². The molecule has 1 rings (SSSR count). The second kappa shape index (κ2) is 2.77. The molecule has 0 nitrogen and oxygen atoms in total. The molecular formula is C10H18. The van der Waals surface area contributed by atoms with E-state index >= 15 is 0 Å². The van der Waals surface area contributed by atoms with Crippen molar-refractivity contribution < 1.29 is 0 Å². The van der Waals surface area contributed by atoms with Crippen LogP contribution in [0.3, 0.4) is 0 Å². The van der Waals surface area contributed by atoms with E-state index in [4.69, 9.17) is 0 Å². The molecule has 1 aliphatic rings. The molecule has 0 amide bonds. The van der Waals surface area contributed by atoms with Crippen LogP contribution in [0.15, 0.2) is 11.1 Å². The lowest BCUT2D eigenvalue weighted by Crippen LogP contribution is -2.00. The zero-order chi connectivity index (χ0) is 7.72. The van der Waals surface area contributed by atoms with Gasteiger partial charge in [0.1, 0.15) is 0 Å². The molecule has 0 aliphatic heterocycles. The fraction of sp³-hybridized carbons (Fsp3) is 0.800. The van der Waals surface area contributed by atoms with Crippen LogP contribution in [-0.2, 0) is 0 Å². The molecule has 0 fully saturated rings. The molecular weight excluding hydrogens is 120 g/mol. The van der Waals surface area contributed by atoms with Gasteiger partial charge in [0, 0.05) is 0 Å². The third-order valence-electron chi connectivity index (χ3n) is 2.60. The molecule has 10 heavy (non-hydrogen) atoms. The second-order valence-electron chi connectivity index (χ2n) is 3.83. The molecule has 0 saturated heterocycles. The molecule has 1 unspecified atom stereocenters. The standard InChI is InChI=1S/C10H18/c1-7(2)10-8(3)5-6-9(10)4/h7-8H,5-6H2,1-4H3. The van der Waals surface area contributed by atoms with Crippen molar-refractivity contribution in [3.05, 3.63) is 11.1 Å². The van der Waals surface area contributed by atoms with E-state index in [0.717, 1.165) is 11.8 Å². The summed E-state index contributed by atoms with van der Waals surface area (Å²) in [5.74, 6) is 1.64. The van der Waals surface area contributed by atoms with E-state index in [1.165, 1.54) is 12.8 Å². The Morgan fingerprint density at radius 2 is 2.00 bits per heavy atom. The van der Waals surface area contributed by atoms with Crippen molar-refractivity contribution in [2.24, 2.45) is 11.8 Å². The van der Waals surface area contributed by atoms with E-state index < -0.39 is 0 Å². The first kappa shape index (κ1) is 7.84. The van der Waals surface area contributed by atoms with Gasteiger partial charge >= 0.3 is 0 Å². The number of hydrogen-bond acceptors (Lipinski definition) is 0. The van der Waals surface area contributed by atoms with Gasteiger partial charge in [-0.1, -0.05) is 31.9 Å². The first-order valence-corrected chi connectivity index (χ1v) is 4.32. The van der Waals surface area contributed by atoms with Gasteiger partial charge in [-0.3, -0.25) is 0 Å². The molecule has 0 aromatic carbocycles. The Kier molecular flexibility index (Phi) is 2.18. The molecule has 0 heteroatoms. The first-order valence-electron chi connectivity index (χ1n) is 4.32. The maximum atomic E-state index is 2.35. The van der Waals surface area contributed by atoms with Crippen LogP contribution in [0.25, 0.3) is 0 Å². The summed E-state index contributed by atoms with van der Waals surface area (Å²) < 4.78 is 0. The van der Waals surface area contributed by atoms with Gasteiger partial charge in [0.05, 0.1) is 0 Å². The molecule has 0 aromatic rings. The highest BCUT2D eigenvalue weighted by Crippen LogP contribution is 2.35. The van der Waals surface area contributed by atoms with Crippen LogP contribution in [0.2, 0.25) is 0 Å². The van der Waals surface area contributed by atoms with Crippen LogP contribution in [0, 0.1) is 11.8 Å². The minimum Gasteiger partial charge on any atom is -0.0736 e. The predicted molar refractivity (Wildman–Crippen MR) is 45.9 cm³/mol. The van der Waals surface area contributed by atoms with Crippen LogP contribution < -0.4 is 0 Å². The highest BCUT2D eigenvalue weighted by Gasteiger charge is 2.20. The quantitative estimate of drug-likeness (QED) is 0.487. The van der Waals surface area contributed by atoms with Gasteiger partial charge in [0.15, 0.2) is 0 Å². The lowest BCUT2D eigenvalue weighted by Gasteiger charge is -2.13. The van der Waals surface area contributed by atoms with Crippen LogP contribution in [0.4, 0.5) is 0 Å². The van der Waals surface area contributed by atoms with Crippen molar-refractivity contribution in [1.29, 1.82) is 0 Å². The highest BCUT2D eigenvalue weighted by atomic mass is 14.3. The zero-order valence-corrected chi connectivity index (χ0v) is 7.57. The van der Waals surface area contributed by atoms with E-state index in [2.05, 4.69) is 27.7 Å². The molecule has 0 spiro atoms. The molecule has 0 saturated carbocycles. The highest BCUT2D eigenvalue weighted by molar-refractivity contribution is 5.21. The van der Waals surface area contributed by atoms with Gasteiger partial charge in [-0.15, -0.1) is 0 Å². The summed E-state index contributed by atoms with van der Waals surface area (Å²) in [4.78, 5) is 0. The molecule has 0 N–H and O–H groups in total. The fourth-order valence-corrected chi connectivity index (χ4v) is 2.22. The van der Waals surface area contributed by atoms with Gasteiger partial charge in [-0.05, 0) is 31.6 Å². The SMILES string of the molecule is CC1=C(C(C)C)C(C)CC1. The molecule has 58 valence electrons. The lowest BCUT2D eigenvalue weighted by atomic mass is 9.93. The molecule has 0 radical (unpaired) electrons. The Bertz CT molecular complexity index is 151. The number of allylic oxidation sites excluding steroid dienone is 2. The predicted octanol–water partition coefficient (Wildman–Crippen LogP) is 3.39. The van der Waals surface area contributed by atoms with Crippen molar-refractivity contribution in [3.63, 3.8) is 0 Å². The minimum absolute atomic E-state index is 0.775. The van der Waals surface area contributed by atoms with Crippen LogP contribution >= 0.6 is 0 Å². The number of hydrogen-bond donors (Lipinski definition) is 0. The summed E-state index contributed by atoms with van der Waals surface area (Å²) in [5.41, 5.74) is 3.38. The summed E-state index contributed by atoms with van der Waals surface area (Å²) in [5, 5.41) is 0. The van der Waals surface area contributed by atoms with E-state index in [1.807, 2.05) is 0 Å². The summed E-state index contributed by atoms with van der Waals surface area (Å²) >= 11 is 0. The van der Waals surface area contributed by atoms with Crippen molar-refractivity contribution in [2.75, 3.05) is 0 Å². The summed E-state index contributed by atoms with van der Waals surface area (Å²) in [7, 11) is 0. The van der Waals surface area contributed by atoms with Crippen molar-refractivity contribution in [2.45, 2.75) is 40.5 Å². The van der Waals surface area contributed by atoms with Gasteiger partial charge in [0.2, 0.25) is 0 Å². The van der Waals surface area contributed by atoms with Crippen LogP contribution in [0.1, 0.15) is 40.5 Å². The van der Waals surface area contributed by atoms with E-state index in [0.29, 0.717) is 0 Å². The smallest absolute Gasteiger partial charge is 0.0223 e. The Morgan fingerprint density at radius 1 is 1.40 bits per heavy atom. The maximum absolute atomic E-state index is 2.35. The van der Waals surface area contributed by atoms with Gasteiger partial charge in [-0.25, -0.2) is 0 Å². The number of rotatable bonds is 1. The largest absolute Gasteiger partial charge is 0.0736 e. The summed E-state index contributed by atoms with van der Waals surface area (Å²) in [6.07, 6.45) is 2.73. The van der Waals surface area contributed by atoms with Crippen molar-refractivity contribution in [1.82, 2.24) is 0 Å². The Balaban J connectivity index is 2.78. The lowest BCUT2D eigenvalue weighted by molar-refractivity contribution is 0.591. The van der Waals surface area contributed by atoms with Crippen molar-refractivity contribution in [3.8, 4) is 0 Å². The topological polar surface area (TPSA) is 0 Å². The molecule has 1 atom stereocenters. The van der Waals surface area contributed by atoms with E-state index in [9.17, 15) is 0 Å².